The highest BCUT2D eigenvalue weighted by Crippen LogP contribution is 2.18. The fraction of sp³-hybridized carbons (Fsp3) is 0.692. The summed E-state index contributed by atoms with van der Waals surface area (Å²) in [6, 6.07) is 1.59. The standard InChI is InChI=1S/C13H21N3O3/c1-10(17)9-16-13(18)7-11(8-14-16)15-5-3-12(19-2)4-6-15/h7-8,10,12,17H,3-6,9H2,1-2H3. The Morgan fingerprint density at radius 1 is 1.53 bits per heavy atom. The van der Waals surface area contributed by atoms with Crippen LogP contribution >= 0.6 is 0 Å². The normalized spacial score (nSPS) is 18.6. The summed E-state index contributed by atoms with van der Waals surface area (Å²) in [6.07, 6.45) is 3.37. The number of nitrogens with zero attached hydrogens (tertiary/aromatic N) is 3. The van der Waals surface area contributed by atoms with E-state index in [9.17, 15) is 9.90 Å². The summed E-state index contributed by atoms with van der Waals surface area (Å²) in [5.74, 6) is 0. The van der Waals surface area contributed by atoms with Gasteiger partial charge in [-0.1, -0.05) is 0 Å². The Morgan fingerprint density at radius 3 is 2.74 bits per heavy atom. The van der Waals surface area contributed by atoms with Gasteiger partial charge in [0, 0.05) is 26.3 Å². The van der Waals surface area contributed by atoms with E-state index in [1.165, 1.54) is 4.68 Å². The van der Waals surface area contributed by atoms with Crippen LogP contribution in [0.5, 0.6) is 0 Å². The van der Waals surface area contributed by atoms with Gasteiger partial charge in [0.1, 0.15) is 0 Å². The van der Waals surface area contributed by atoms with E-state index in [1.54, 1.807) is 26.3 Å². The first-order valence-corrected chi connectivity index (χ1v) is 6.63. The Labute approximate surface area is 112 Å². The highest BCUT2D eigenvalue weighted by atomic mass is 16.5. The van der Waals surface area contributed by atoms with E-state index in [-0.39, 0.29) is 12.1 Å². The topological polar surface area (TPSA) is 67.6 Å². The number of hydrogen-bond donors (Lipinski definition) is 1. The van der Waals surface area contributed by atoms with Crippen molar-refractivity contribution in [2.24, 2.45) is 0 Å². The molecule has 1 unspecified atom stereocenters. The molecule has 1 atom stereocenters. The molecule has 0 saturated carbocycles. The molecule has 6 nitrogen and oxygen atoms in total. The van der Waals surface area contributed by atoms with E-state index < -0.39 is 6.10 Å². The van der Waals surface area contributed by atoms with Gasteiger partial charge in [0.05, 0.1) is 30.6 Å². The monoisotopic (exact) mass is 267 g/mol. The molecule has 2 heterocycles. The predicted molar refractivity (Wildman–Crippen MR) is 72.4 cm³/mol. The predicted octanol–water partition coefficient (Wildman–Crippen LogP) is 0.239. The molecular weight excluding hydrogens is 246 g/mol. The van der Waals surface area contributed by atoms with Gasteiger partial charge in [0.25, 0.3) is 5.56 Å². The summed E-state index contributed by atoms with van der Waals surface area (Å²) in [5, 5.41) is 13.4. The zero-order valence-corrected chi connectivity index (χ0v) is 11.5. The molecule has 0 spiro atoms. The van der Waals surface area contributed by atoms with Crippen molar-refractivity contribution in [3.63, 3.8) is 0 Å². The molecule has 1 aromatic heterocycles. The molecule has 0 bridgehead atoms. The summed E-state index contributed by atoms with van der Waals surface area (Å²) in [6.45, 7) is 3.61. The third-order valence-electron chi connectivity index (χ3n) is 3.43. The molecule has 0 aliphatic carbocycles. The molecule has 106 valence electrons. The zero-order valence-electron chi connectivity index (χ0n) is 11.5. The lowest BCUT2D eigenvalue weighted by Gasteiger charge is -2.32. The fourth-order valence-corrected chi connectivity index (χ4v) is 2.33. The van der Waals surface area contributed by atoms with E-state index >= 15 is 0 Å². The Kier molecular flexibility index (Phi) is 4.55. The van der Waals surface area contributed by atoms with Crippen LogP contribution in [0.15, 0.2) is 17.1 Å². The summed E-state index contributed by atoms with van der Waals surface area (Å²) in [5.41, 5.74) is 0.675. The second-order valence-electron chi connectivity index (χ2n) is 5.01. The maximum Gasteiger partial charge on any atom is 0.268 e. The molecular formula is C13H21N3O3. The van der Waals surface area contributed by atoms with Crippen LogP contribution in [0, 0.1) is 0 Å². The molecule has 0 aromatic carbocycles. The maximum atomic E-state index is 11.9. The fourth-order valence-electron chi connectivity index (χ4n) is 2.33. The molecule has 0 radical (unpaired) electrons. The van der Waals surface area contributed by atoms with E-state index in [0.717, 1.165) is 31.6 Å². The van der Waals surface area contributed by atoms with Crippen LogP contribution in [0.4, 0.5) is 5.69 Å². The SMILES string of the molecule is COC1CCN(c2cnn(CC(C)O)c(=O)c2)CC1. The Bertz CT molecular complexity index is 464. The highest BCUT2D eigenvalue weighted by Gasteiger charge is 2.19. The lowest BCUT2D eigenvalue weighted by Crippen LogP contribution is -2.38. The number of aliphatic hydroxyl groups is 1. The maximum absolute atomic E-state index is 11.9. The van der Waals surface area contributed by atoms with Crippen molar-refractivity contribution in [2.45, 2.75) is 38.5 Å². The Hall–Kier alpha value is -1.40. The molecule has 19 heavy (non-hydrogen) atoms. The molecule has 2 rings (SSSR count). The van der Waals surface area contributed by atoms with Crippen molar-refractivity contribution in [1.29, 1.82) is 0 Å². The minimum atomic E-state index is -0.575. The zero-order chi connectivity index (χ0) is 13.8. The van der Waals surface area contributed by atoms with Gasteiger partial charge in [-0.05, 0) is 19.8 Å². The Balaban J connectivity index is 2.06. The molecule has 1 aliphatic heterocycles. The van der Waals surface area contributed by atoms with Gasteiger partial charge in [-0.3, -0.25) is 4.79 Å². The average molecular weight is 267 g/mol. The smallest absolute Gasteiger partial charge is 0.268 e. The van der Waals surface area contributed by atoms with E-state index in [4.69, 9.17) is 4.74 Å². The second-order valence-corrected chi connectivity index (χ2v) is 5.01. The first-order chi connectivity index (χ1) is 9.10. The molecule has 1 fully saturated rings. The van der Waals surface area contributed by atoms with Gasteiger partial charge in [0.2, 0.25) is 0 Å². The van der Waals surface area contributed by atoms with Crippen molar-refractivity contribution in [2.75, 3.05) is 25.1 Å². The number of rotatable bonds is 4. The quantitative estimate of drug-likeness (QED) is 0.846. The van der Waals surface area contributed by atoms with Crippen LogP contribution in [0.3, 0.4) is 0 Å². The molecule has 0 amide bonds. The van der Waals surface area contributed by atoms with Gasteiger partial charge in [0.15, 0.2) is 0 Å². The molecule has 1 aromatic rings. The molecule has 1 saturated heterocycles. The van der Waals surface area contributed by atoms with Crippen molar-refractivity contribution < 1.29 is 9.84 Å². The third-order valence-corrected chi connectivity index (χ3v) is 3.43. The average Bonchev–Trinajstić information content (AvgIpc) is 2.41. The first kappa shape index (κ1) is 14.0. The molecule has 6 heteroatoms. The van der Waals surface area contributed by atoms with Crippen LogP contribution in [-0.4, -0.2) is 47.3 Å². The van der Waals surface area contributed by atoms with Crippen LogP contribution in [0.1, 0.15) is 19.8 Å². The van der Waals surface area contributed by atoms with Crippen LogP contribution in [-0.2, 0) is 11.3 Å². The number of anilines is 1. The highest BCUT2D eigenvalue weighted by molar-refractivity contribution is 5.43. The van der Waals surface area contributed by atoms with Crippen molar-refractivity contribution in [3.05, 3.63) is 22.6 Å². The van der Waals surface area contributed by atoms with Crippen LogP contribution in [0.25, 0.3) is 0 Å². The summed E-state index contributed by atoms with van der Waals surface area (Å²) < 4.78 is 6.61. The summed E-state index contributed by atoms with van der Waals surface area (Å²) in [7, 11) is 1.74. The van der Waals surface area contributed by atoms with Crippen molar-refractivity contribution >= 4 is 5.69 Å². The number of methoxy groups -OCH3 is 1. The summed E-state index contributed by atoms with van der Waals surface area (Å²) in [4.78, 5) is 14.0. The number of piperidine rings is 1. The van der Waals surface area contributed by atoms with Gasteiger partial charge < -0.3 is 14.7 Å². The second kappa shape index (κ2) is 6.16. The molecule has 1 aliphatic rings. The van der Waals surface area contributed by atoms with E-state index in [1.807, 2.05) is 0 Å². The summed E-state index contributed by atoms with van der Waals surface area (Å²) >= 11 is 0. The minimum absolute atomic E-state index is 0.174. The van der Waals surface area contributed by atoms with Gasteiger partial charge >= 0.3 is 0 Å². The lowest BCUT2D eigenvalue weighted by atomic mass is 10.1. The van der Waals surface area contributed by atoms with Crippen molar-refractivity contribution in [1.82, 2.24) is 9.78 Å². The van der Waals surface area contributed by atoms with Gasteiger partial charge in [-0.15, -0.1) is 0 Å². The third kappa shape index (κ3) is 3.54. The number of aliphatic hydroxyl groups excluding tert-OH is 1. The largest absolute Gasteiger partial charge is 0.391 e. The van der Waals surface area contributed by atoms with Gasteiger partial charge in [-0.25, -0.2) is 4.68 Å². The van der Waals surface area contributed by atoms with Crippen LogP contribution in [0.2, 0.25) is 0 Å². The number of ether oxygens (including phenoxy) is 1. The lowest BCUT2D eigenvalue weighted by molar-refractivity contribution is 0.0819. The number of aromatic nitrogens is 2. The Morgan fingerprint density at radius 2 is 2.21 bits per heavy atom. The molecule has 1 N–H and O–H groups in total. The van der Waals surface area contributed by atoms with Crippen molar-refractivity contribution in [3.8, 4) is 0 Å². The minimum Gasteiger partial charge on any atom is -0.391 e. The number of hydrogen-bond acceptors (Lipinski definition) is 5. The first-order valence-electron chi connectivity index (χ1n) is 6.63. The van der Waals surface area contributed by atoms with Gasteiger partial charge in [-0.2, -0.15) is 5.10 Å². The van der Waals surface area contributed by atoms with Crippen LogP contribution < -0.4 is 10.5 Å². The van der Waals surface area contributed by atoms with E-state index in [2.05, 4.69) is 10.00 Å². The van der Waals surface area contributed by atoms with E-state index in [0.29, 0.717) is 6.10 Å².